The fourth-order valence-electron chi connectivity index (χ4n) is 2.19. The summed E-state index contributed by atoms with van der Waals surface area (Å²) in [4.78, 5) is 14.1. The maximum Gasteiger partial charge on any atom is 0.241 e. The standard InChI is InChI=1S/C19H23FN2O2/c1-14-5-4-6-18(13-14)24-12-11-22(3)15(2)19(23)21-17-9-7-16(20)8-10-17/h4-10,13,15H,11-12H2,1-3H3,(H,21,23). The molecule has 0 aliphatic carbocycles. The van der Waals surface area contributed by atoms with Crippen LogP contribution in [0.1, 0.15) is 12.5 Å². The fraction of sp³-hybridized carbons (Fsp3) is 0.316. The van der Waals surface area contributed by atoms with Crippen molar-refractivity contribution in [3.63, 3.8) is 0 Å². The normalized spacial score (nSPS) is 12.0. The molecule has 1 N–H and O–H groups in total. The van der Waals surface area contributed by atoms with Crippen LogP contribution >= 0.6 is 0 Å². The van der Waals surface area contributed by atoms with Gasteiger partial charge in [0.2, 0.25) is 5.91 Å². The number of anilines is 1. The van der Waals surface area contributed by atoms with Crippen LogP contribution in [0.3, 0.4) is 0 Å². The molecule has 0 aliphatic rings. The third-order valence-electron chi connectivity index (χ3n) is 3.85. The van der Waals surface area contributed by atoms with Crippen LogP contribution in [-0.4, -0.2) is 37.0 Å². The molecule has 0 saturated heterocycles. The number of halogens is 1. The lowest BCUT2D eigenvalue weighted by Gasteiger charge is -2.23. The molecule has 0 spiro atoms. The Morgan fingerprint density at radius 2 is 1.96 bits per heavy atom. The molecule has 0 saturated carbocycles. The first-order chi connectivity index (χ1) is 11.5. The van der Waals surface area contributed by atoms with Crippen LogP contribution in [0.4, 0.5) is 10.1 Å². The van der Waals surface area contributed by atoms with Crippen molar-refractivity contribution in [3.8, 4) is 5.75 Å². The Hall–Kier alpha value is -2.40. The summed E-state index contributed by atoms with van der Waals surface area (Å²) in [5.41, 5.74) is 1.73. The SMILES string of the molecule is Cc1cccc(OCCN(C)C(C)C(=O)Nc2ccc(F)cc2)c1. The summed E-state index contributed by atoms with van der Waals surface area (Å²) in [6, 6.07) is 13.3. The van der Waals surface area contributed by atoms with E-state index in [1.165, 1.54) is 12.1 Å². The summed E-state index contributed by atoms with van der Waals surface area (Å²) < 4.78 is 18.6. The zero-order chi connectivity index (χ0) is 17.5. The second-order valence-electron chi connectivity index (χ2n) is 5.82. The highest BCUT2D eigenvalue weighted by Crippen LogP contribution is 2.13. The maximum atomic E-state index is 12.9. The van der Waals surface area contributed by atoms with Gasteiger partial charge in [-0.1, -0.05) is 12.1 Å². The molecule has 1 amide bonds. The fourth-order valence-corrected chi connectivity index (χ4v) is 2.19. The zero-order valence-corrected chi connectivity index (χ0v) is 14.3. The van der Waals surface area contributed by atoms with E-state index in [1.54, 1.807) is 12.1 Å². The molecule has 2 aromatic rings. The summed E-state index contributed by atoms with van der Waals surface area (Å²) in [6.45, 7) is 4.95. The minimum Gasteiger partial charge on any atom is -0.492 e. The summed E-state index contributed by atoms with van der Waals surface area (Å²) >= 11 is 0. The zero-order valence-electron chi connectivity index (χ0n) is 14.3. The molecule has 4 nitrogen and oxygen atoms in total. The second kappa shape index (κ2) is 8.45. The number of ether oxygens (including phenoxy) is 1. The molecule has 128 valence electrons. The van der Waals surface area contributed by atoms with E-state index in [4.69, 9.17) is 4.74 Å². The first-order valence-corrected chi connectivity index (χ1v) is 7.92. The number of likely N-dealkylation sites (N-methyl/N-ethyl adjacent to an activating group) is 1. The molecule has 0 radical (unpaired) electrons. The van der Waals surface area contributed by atoms with Crippen molar-refractivity contribution in [2.45, 2.75) is 19.9 Å². The highest BCUT2D eigenvalue weighted by atomic mass is 19.1. The van der Waals surface area contributed by atoms with Crippen LogP contribution in [-0.2, 0) is 4.79 Å². The number of nitrogens with one attached hydrogen (secondary N) is 1. The minimum absolute atomic E-state index is 0.139. The van der Waals surface area contributed by atoms with Crippen molar-refractivity contribution in [1.82, 2.24) is 4.90 Å². The molecule has 0 heterocycles. The Balaban J connectivity index is 1.79. The number of hydrogen-bond acceptors (Lipinski definition) is 3. The number of carbonyl (C=O) groups excluding carboxylic acids is 1. The molecular weight excluding hydrogens is 307 g/mol. The molecule has 2 rings (SSSR count). The Morgan fingerprint density at radius 1 is 1.25 bits per heavy atom. The van der Waals surface area contributed by atoms with Crippen molar-refractivity contribution >= 4 is 11.6 Å². The van der Waals surface area contributed by atoms with Crippen molar-refractivity contribution in [2.24, 2.45) is 0 Å². The van der Waals surface area contributed by atoms with Crippen molar-refractivity contribution in [3.05, 3.63) is 59.9 Å². The Labute approximate surface area is 142 Å². The van der Waals surface area contributed by atoms with Gasteiger partial charge in [-0.05, 0) is 62.9 Å². The van der Waals surface area contributed by atoms with E-state index >= 15 is 0 Å². The van der Waals surface area contributed by atoms with Crippen molar-refractivity contribution < 1.29 is 13.9 Å². The molecular formula is C19H23FN2O2. The van der Waals surface area contributed by atoms with Gasteiger partial charge < -0.3 is 10.1 Å². The lowest BCUT2D eigenvalue weighted by Crippen LogP contribution is -2.41. The number of amides is 1. The van der Waals surface area contributed by atoms with E-state index in [0.717, 1.165) is 11.3 Å². The summed E-state index contributed by atoms with van der Waals surface area (Å²) in [7, 11) is 1.87. The molecule has 0 fully saturated rings. The van der Waals surface area contributed by atoms with E-state index in [0.29, 0.717) is 18.8 Å². The Morgan fingerprint density at radius 3 is 2.62 bits per heavy atom. The van der Waals surface area contributed by atoms with Crippen LogP contribution in [0.2, 0.25) is 0 Å². The quantitative estimate of drug-likeness (QED) is 0.845. The van der Waals surface area contributed by atoms with Gasteiger partial charge in [0.05, 0.1) is 6.04 Å². The predicted molar refractivity (Wildman–Crippen MR) is 93.8 cm³/mol. The smallest absolute Gasteiger partial charge is 0.241 e. The molecule has 2 aromatic carbocycles. The van der Waals surface area contributed by atoms with Gasteiger partial charge in [0.1, 0.15) is 18.2 Å². The van der Waals surface area contributed by atoms with Crippen molar-refractivity contribution in [1.29, 1.82) is 0 Å². The van der Waals surface area contributed by atoms with Crippen LogP contribution < -0.4 is 10.1 Å². The highest BCUT2D eigenvalue weighted by Gasteiger charge is 2.18. The lowest BCUT2D eigenvalue weighted by molar-refractivity contribution is -0.120. The largest absolute Gasteiger partial charge is 0.492 e. The number of rotatable bonds is 7. The van der Waals surface area contributed by atoms with Gasteiger partial charge in [0, 0.05) is 12.2 Å². The van der Waals surface area contributed by atoms with Crippen LogP contribution in [0.25, 0.3) is 0 Å². The van der Waals surface area contributed by atoms with Crippen LogP contribution in [0, 0.1) is 12.7 Å². The van der Waals surface area contributed by atoms with Gasteiger partial charge in [-0.2, -0.15) is 0 Å². The Kier molecular flexibility index (Phi) is 6.32. The van der Waals surface area contributed by atoms with Crippen molar-refractivity contribution in [2.75, 3.05) is 25.5 Å². The molecule has 24 heavy (non-hydrogen) atoms. The van der Waals surface area contributed by atoms with E-state index < -0.39 is 0 Å². The van der Waals surface area contributed by atoms with Gasteiger partial charge >= 0.3 is 0 Å². The van der Waals surface area contributed by atoms with Gasteiger partial charge in [0.15, 0.2) is 0 Å². The van der Waals surface area contributed by atoms with Crippen LogP contribution in [0.5, 0.6) is 5.75 Å². The number of carbonyl (C=O) groups is 1. The monoisotopic (exact) mass is 330 g/mol. The Bertz CT molecular complexity index is 673. The molecule has 1 unspecified atom stereocenters. The molecule has 0 aliphatic heterocycles. The number of hydrogen-bond donors (Lipinski definition) is 1. The van der Waals surface area contributed by atoms with Gasteiger partial charge in [0.25, 0.3) is 0 Å². The number of benzene rings is 2. The van der Waals surface area contributed by atoms with E-state index in [9.17, 15) is 9.18 Å². The molecule has 5 heteroatoms. The predicted octanol–water partition coefficient (Wildman–Crippen LogP) is 3.47. The average Bonchev–Trinajstić information content (AvgIpc) is 2.56. The molecule has 0 aromatic heterocycles. The summed E-state index contributed by atoms with van der Waals surface area (Å²) in [5.74, 6) is 0.359. The van der Waals surface area contributed by atoms with Gasteiger partial charge in [-0.25, -0.2) is 4.39 Å². The molecule has 1 atom stereocenters. The average molecular weight is 330 g/mol. The third-order valence-corrected chi connectivity index (χ3v) is 3.85. The van der Waals surface area contributed by atoms with Gasteiger partial charge in [-0.15, -0.1) is 0 Å². The summed E-state index contributed by atoms with van der Waals surface area (Å²) in [6.07, 6.45) is 0. The van der Waals surface area contributed by atoms with Crippen LogP contribution in [0.15, 0.2) is 48.5 Å². The first-order valence-electron chi connectivity index (χ1n) is 7.92. The second-order valence-corrected chi connectivity index (χ2v) is 5.82. The summed E-state index contributed by atoms with van der Waals surface area (Å²) in [5, 5.41) is 2.78. The number of aryl methyl sites for hydroxylation is 1. The van der Waals surface area contributed by atoms with E-state index in [1.807, 2.05) is 50.1 Å². The van der Waals surface area contributed by atoms with Gasteiger partial charge in [-0.3, -0.25) is 9.69 Å². The third kappa shape index (κ3) is 5.35. The number of nitrogens with zero attached hydrogens (tertiary/aromatic N) is 1. The molecule has 0 bridgehead atoms. The minimum atomic E-state index is -0.327. The highest BCUT2D eigenvalue weighted by molar-refractivity contribution is 5.94. The van der Waals surface area contributed by atoms with E-state index in [-0.39, 0.29) is 17.8 Å². The topological polar surface area (TPSA) is 41.6 Å². The maximum absolute atomic E-state index is 12.9. The van der Waals surface area contributed by atoms with E-state index in [2.05, 4.69) is 5.32 Å². The lowest BCUT2D eigenvalue weighted by atomic mass is 10.2. The first kappa shape index (κ1) is 17.9.